The summed E-state index contributed by atoms with van der Waals surface area (Å²) < 4.78 is 0. The highest BCUT2D eigenvalue weighted by molar-refractivity contribution is 7.99. The first-order valence-corrected chi connectivity index (χ1v) is 5.90. The maximum absolute atomic E-state index is 10.7. The molecule has 0 radical (unpaired) electrons. The van der Waals surface area contributed by atoms with Crippen LogP contribution in [0.15, 0.2) is 29.2 Å². The molecule has 1 aromatic carbocycles. The molecule has 0 aliphatic carbocycles. The van der Waals surface area contributed by atoms with Crippen LogP contribution >= 0.6 is 23.4 Å². The molecule has 0 aromatic heterocycles. The van der Waals surface area contributed by atoms with Crippen LogP contribution in [0.25, 0.3) is 0 Å². The first-order valence-electron chi connectivity index (χ1n) is 4.53. The summed E-state index contributed by atoms with van der Waals surface area (Å²) in [6.07, 6.45) is 1.08. The summed E-state index contributed by atoms with van der Waals surface area (Å²) in [6.45, 7) is 0. The normalized spacial score (nSPS) is 10.0. The minimum atomic E-state index is -0.341. The van der Waals surface area contributed by atoms with E-state index in [1.54, 1.807) is 17.2 Å². The second kappa shape index (κ2) is 6.71. The molecule has 82 valence electrons. The van der Waals surface area contributed by atoms with Crippen molar-refractivity contribution in [1.82, 2.24) is 5.48 Å². The number of carbonyl (C=O) groups is 1. The molecule has 0 atom stereocenters. The summed E-state index contributed by atoms with van der Waals surface area (Å²) >= 11 is 7.40. The molecule has 0 saturated carbocycles. The third-order valence-electron chi connectivity index (χ3n) is 1.76. The maximum atomic E-state index is 10.7. The molecule has 0 bridgehead atoms. The van der Waals surface area contributed by atoms with Crippen LogP contribution in [0.4, 0.5) is 0 Å². The van der Waals surface area contributed by atoms with Crippen molar-refractivity contribution in [3.05, 3.63) is 29.3 Å². The Morgan fingerprint density at radius 1 is 1.40 bits per heavy atom. The standard InChI is InChI=1S/C10H12ClNO2S/c11-8-3-5-9(6-4-8)15-7-1-2-10(13)12-14/h3-6,14H,1-2,7H2,(H,12,13). The molecule has 0 aliphatic rings. The summed E-state index contributed by atoms with van der Waals surface area (Å²) in [4.78, 5) is 11.8. The van der Waals surface area contributed by atoms with Crippen LogP contribution in [-0.2, 0) is 4.79 Å². The van der Waals surface area contributed by atoms with Gasteiger partial charge in [-0.15, -0.1) is 11.8 Å². The fraction of sp³-hybridized carbons (Fsp3) is 0.300. The molecule has 1 amide bonds. The highest BCUT2D eigenvalue weighted by Crippen LogP contribution is 2.21. The zero-order chi connectivity index (χ0) is 11.1. The highest BCUT2D eigenvalue weighted by atomic mass is 35.5. The molecule has 1 aromatic rings. The minimum Gasteiger partial charge on any atom is -0.289 e. The maximum Gasteiger partial charge on any atom is 0.243 e. The van der Waals surface area contributed by atoms with E-state index in [-0.39, 0.29) is 5.91 Å². The monoisotopic (exact) mass is 245 g/mol. The molecule has 0 saturated heterocycles. The fourth-order valence-corrected chi connectivity index (χ4v) is 1.99. The molecule has 1 rings (SSSR count). The molecule has 0 aliphatic heterocycles. The third kappa shape index (κ3) is 5.06. The highest BCUT2D eigenvalue weighted by Gasteiger charge is 1.99. The lowest BCUT2D eigenvalue weighted by Crippen LogP contribution is -2.17. The summed E-state index contributed by atoms with van der Waals surface area (Å²) in [5.74, 6) is 0.501. The van der Waals surface area contributed by atoms with Crippen LogP contribution in [0.2, 0.25) is 5.02 Å². The van der Waals surface area contributed by atoms with Crippen LogP contribution < -0.4 is 5.48 Å². The summed E-state index contributed by atoms with van der Waals surface area (Å²) in [5, 5.41) is 8.98. The number of hydroxylamine groups is 1. The Hall–Kier alpha value is -0.710. The number of rotatable bonds is 5. The van der Waals surface area contributed by atoms with Gasteiger partial charge in [-0.1, -0.05) is 11.6 Å². The van der Waals surface area contributed by atoms with E-state index in [2.05, 4.69) is 0 Å². The average Bonchev–Trinajstić information content (AvgIpc) is 2.26. The molecular formula is C10H12ClNO2S. The van der Waals surface area contributed by atoms with Crippen molar-refractivity contribution in [2.75, 3.05) is 5.75 Å². The van der Waals surface area contributed by atoms with Gasteiger partial charge in [0.25, 0.3) is 0 Å². The molecule has 0 fully saturated rings. The van der Waals surface area contributed by atoms with Gasteiger partial charge in [0.05, 0.1) is 0 Å². The SMILES string of the molecule is O=C(CCCSc1ccc(Cl)cc1)NO. The lowest BCUT2D eigenvalue weighted by atomic mass is 10.3. The molecule has 5 heteroatoms. The van der Waals surface area contributed by atoms with Crippen LogP contribution in [0, 0.1) is 0 Å². The van der Waals surface area contributed by atoms with E-state index in [1.165, 1.54) is 0 Å². The van der Waals surface area contributed by atoms with Gasteiger partial charge in [0, 0.05) is 16.3 Å². The summed E-state index contributed by atoms with van der Waals surface area (Å²) in [6, 6.07) is 7.56. The van der Waals surface area contributed by atoms with Crippen molar-refractivity contribution in [1.29, 1.82) is 0 Å². The Labute approximate surface area is 97.8 Å². The number of amides is 1. The number of carbonyl (C=O) groups excluding carboxylic acids is 1. The van der Waals surface area contributed by atoms with E-state index in [0.717, 1.165) is 22.1 Å². The molecule has 0 spiro atoms. The van der Waals surface area contributed by atoms with Gasteiger partial charge in [0.15, 0.2) is 0 Å². The Balaban J connectivity index is 2.20. The smallest absolute Gasteiger partial charge is 0.243 e. The quantitative estimate of drug-likeness (QED) is 0.363. The Bertz CT molecular complexity index is 316. The van der Waals surface area contributed by atoms with Crippen molar-refractivity contribution >= 4 is 29.3 Å². The van der Waals surface area contributed by atoms with E-state index in [1.807, 2.05) is 24.3 Å². The largest absolute Gasteiger partial charge is 0.289 e. The number of hydrogen-bond acceptors (Lipinski definition) is 3. The molecule has 15 heavy (non-hydrogen) atoms. The number of halogens is 1. The Morgan fingerprint density at radius 2 is 2.07 bits per heavy atom. The van der Waals surface area contributed by atoms with Crippen LogP contribution in [0.1, 0.15) is 12.8 Å². The molecular weight excluding hydrogens is 234 g/mol. The van der Waals surface area contributed by atoms with Gasteiger partial charge >= 0.3 is 0 Å². The summed E-state index contributed by atoms with van der Waals surface area (Å²) in [7, 11) is 0. The number of benzene rings is 1. The molecule has 0 heterocycles. The van der Waals surface area contributed by atoms with Crippen molar-refractivity contribution < 1.29 is 10.0 Å². The van der Waals surface area contributed by atoms with Gasteiger partial charge in [-0.25, -0.2) is 5.48 Å². The predicted octanol–water partition coefficient (Wildman–Crippen LogP) is 2.72. The first kappa shape index (κ1) is 12.4. The second-order valence-electron chi connectivity index (χ2n) is 2.94. The lowest BCUT2D eigenvalue weighted by Gasteiger charge is -2.01. The molecule has 2 N–H and O–H groups in total. The zero-order valence-electron chi connectivity index (χ0n) is 8.07. The lowest BCUT2D eigenvalue weighted by molar-refractivity contribution is -0.129. The van der Waals surface area contributed by atoms with Crippen molar-refractivity contribution in [3.63, 3.8) is 0 Å². The van der Waals surface area contributed by atoms with Crippen LogP contribution in [-0.4, -0.2) is 16.9 Å². The van der Waals surface area contributed by atoms with E-state index in [0.29, 0.717) is 6.42 Å². The van der Waals surface area contributed by atoms with Crippen LogP contribution in [0.3, 0.4) is 0 Å². The van der Waals surface area contributed by atoms with E-state index in [4.69, 9.17) is 16.8 Å². The molecule has 0 unspecified atom stereocenters. The second-order valence-corrected chi connectivity index (χ2v) is 4.55. The van der Waals surface area contributed by atoms with Crippen LogP contribution in [0.5, 0.6) is 0 Å². The van der Waals surface area contributed by atoms with Crippen molar-refractivity contribution in [3.8, 4) is 0 Å². The van der Waals surface area contributed by atoms with Gasteiger partial charge in [0.2, 0.25) is 5.91 Å². The average molecular weight is 246 g/mol. The van der Waals surface area contributed by atoms with Gasteiger partial charge < -0.3 is 0 Å². The summed E-state index contributed by atoms with van der Waals surface area (Å²) in [5.41, 5.74) is 1.61. The van der Waals surface area contributed by atoms with Gasteiger partial charge in [-0.05, 0) is 36.4 Å². The van der Waals surface area contributed by atoms with E-state index < -0.39 is 0 Å². The van der Waals surface area contributed by atoms with Gasteiger partial charge in [-0.3, -0.25) is 10.0 Å². The number of nitrogens with one attached hydrogen (secondary N) is 1. The number of hydrogen-bond donors (Lipinski definition) is 2. The number of thioether (sulfide) groups is 1. The fourth-order valence-electron chi connectivity index (χ4n) is 1.01. The predicted molar refractivity (Wildman–Crippen MR) is 61.3 cm³/mol. The minimum absolute atomic E-state index is 0.341. The Morgan fingerprint density at radius 3 is 2.67 bits per heavy atom. The van der Waals surface area contributed by atoms with Crippen molar-refractivity contribution in [2.45, 2.75) is 17.7 Å². The first-order chi connectivity index (χ1) is 7.22. The van der Waals surface area contributed by atoms with E-state index in [9.17, 15) is 4.79 Å². The Kier molecular flexibility index (Phi) is 5.53. The topological polar surface area (TPSA) is 49.3 Å². The zero-order valence-corrected chi connectivity index (χ0v) is 9.64. The molecule has 3 nitrogen and oxygen atoms in total. The van der Waals surface area contributed by atoms with Gasteiger partial charge in [-0.2, -0.15) is 0 Å². The van der Waals surface area contributed by atoms with E-state index >= 15 is 0 Å². The van der Waals surface area contributed by atoms with Crippen molar-refractivity contribution in [2.24, 2.45) is 0 Å². The van der Waals surface area contributed by atoms with Gasteiger partial charge in [0.1, 0.15) is 0 Å². The third-order valence-corrected chi connectivity index (χ3v) is 3.11.